The monoisotopic (exact) mass is 304 g/mol. The molecule has 0 unspecified atom stereocenters. The molecule has 0 aliphatic heterocycles. The minimum absolute atomic E-state index is 0.0765. The van der Waals surface area contributed by atoms with Gasteiger partial charge in [0.2, 0.25) is 0 Å². The van der Waals surface area contributed by atoms with Gasteiger partial charge in [-0.05, 0) is 17.7 Å². The van der Waals surface area contributed by atoms with Crippen LogP contribution in [0.3, 0.4) is 0 Å². The number of nitro benzene ring substituents is 1. The number of aromatic nitrogens is 3. The molecule has 6 heteroatoms. The van der Waals surface area contributed by atoms with Crippen molar-refractivity contribution >= 4 is 27.5 Å². The van der Waals surface area contributed by atoms with E-state index in [1.807, 2.05) is 36.0 Å². The zero-order valence-corrected chi connectivity index (χ0v) is 12.3. The van der Waals surface area contributed by atoms with E-state index in [1.54, 1.807) is 18.3 Å². The van der Waals surface area contributed by atoms with Crippen molar-refractivity contribution in [1.29, 1.82) is 0 Å². The van der Waals surface area contributed by atoms with Gasteiger partial charge in [-0.15, -0.1) is 0 Å². The van der Waals surface area contributed by atoms with Gasteiger partial charge in [0.15, 0.2) is 0 Å². The van der Waals surface area contributed by atoms with Crippen LogP contribution in [0.4, 0.5) is 5.69 Å². The van der Waals surface area contributed by atoms with Crippen molar-refractivity contribution in [3.8, 4) is 11.1 Å². The highest BCUT2D eigenvalue weighted by molar-refractivity contribution is 6.11. The third kappa shape index (κ3) is 2.03. The average molecular weight is 304 g/mol. The van der Waals surface area contributed by atoms with Crippen molar-refractivity contribution < 1.29 is 4.92 Å². The fraction of sp³-hybridized carbons (Fsp3) is 0.0588. The second-order valence-electron chi connectivity index (χ2n) is 5.38. The Morgan fingerprint density at radius 2 is 2.04 bits per heavy atom. The molecule has 0 saturated heterocycles. The highest BCUT2D eigenvalue weighted by Crippen LogP contribution is 2.35. The molecule has 2 aromatic heterocycles. The van der Waals surface area contributed by atoms with E-state index in [-0.39, 0.29) is 10.6 Å². The first-order valence-electron chi connectivity index (χ1n) is 7.08. The number of non-ortho nitro benzene ring substituents is 1. The SMILES string of the molecule is Cn1ccc2c3cncnc3cc(-c3cccc([N+](=O)[O-])c3)c21. The van der Waals surface area contributed by atoms with E-state index in [2.05, 4.69) is 9.97 Å². The van der Waals surface area contributed by atoms with Crippen LogP contribution in [-0.4, -0.2) is 19.5 Å². The van der Waals surface area contributed by atoms with Gasteiger partial charge in [-0.3, -0.25) is 10.1 Å². The molecule has 2 aromatic carbocycles. The van der Waals surface area contributed by atoms with Crippen molar-refractivity contribution in [3.05, 3.63) is 65.2 Å². The topological polar surface area (TPSA) is 73.8 Å². The summed E-state index contributed by atoms with van der Waals surface area (Å²) in [5.41, 5.74) is 3.62. The van der Waals surface area contributed by atoms with Crippen LogP contribution in [0.2, 0.25) is 0 Å². The molecule has 23 heavy (non-hydrogen) atoms. The maximum atomic E-state index is 11.1. The maximum Gasteiger partial charge on any atom is 0.270 e. The number of hydrogen-bond acceptors (Lipinski definition) is 4. The largest absolute Gasteiger partial charge is 0.350 e. The molecule has 4 rings (SSSR count). The molecule has 0 radical (unpaired) electrons. The lowest BCUT2D eigenvalue weighted by molar-refractivity contribution is -0.384. The molecular formula is C17H12N4O2. The van der Waals surface area contributed by atoms with Crippen LogP contribution < -0.4 is 0 Å². The first-order chi connectivity index (χ1) is 11.1. The quantitative estimate of drug-likeness (QED) is 0.418. The Morgan fingerprint density at radius 1 is 1.17 bits per heavy atom. The van der Waals surface area contributed by atoms with Crippen LogP contribution in [0.1, 0.15) is 0 Å². The smallest absolute Gasteiger partial charge is 0.270 e. The molecule has 0 bridgehead atoms. The minimum atomic E-state index is -0.380. The van der Waals surface area contributed by atoms with Crippen molar-refractivity contribution in [2.45, 2.75) is 0 Å². The van der Waals surface area contributed by atoms with Gasteiger partial charge in [-0.25, -0.2) is 9.97 Å². The Labute approximate surface area is 131 Å². The van der Waals surface area contributed by atoms with E-state index in [4.69, 9.17) is 0 Å². The summed E-state index contributed by atoms with van der Waals surface area (Å²) < 4.78 is 2.01. The molecule has 112 valence electrons. The number of benzene rings is 2. The summed E-state index contributed by atoms with van der Waals surface area (Å²) in [5.74, 6) is 0. The first kappa shape index (κ1) is 13.4. The predicted molar refractivity (Wildman–Crippen MR) is 88.1 cm³/mol. The first-order valence-corrected chi connectivity index (χ1v) is 7.08. The Kier molecular flexibility index (Phi) is 2.84. The molecule has 0 saturated carbocycles. The lowest BCUT2D eigenvalue weighted by Gasteiger charge is -2.09. The van der Waals surface area contributed by atoms with Gasteiger partial charge in [0, 0.05) is 47.9 Å². The molecule has 2 heterocycles. The fourth-order valence-electron chi connectivity index (χ4n) is 2.96. The van der Waals surface area contributed by atoms with E-state index in [9.17, 15) is 10.1 Å². The molecule has 0 atom stereocenters. The molecule has 4 aromatic rings. The van der Waals surface area contributed by atoms with Crippen LogP contribution in [0.25, 0.3) is 32.9 Å². The van der Waals surface area contributed by atoms with Crippen LogP contribution in [0, 0.1) is 10.1 Å². The highest BCUT2D eigenvalue weighted by Gasteiger charge is 2.14. The van der Waals surface area contributed by atoms with E-state index in [0.717, 1.165) is 32.9 Å². The fourth-order valence-corrected chi connectivity index (χ4v) is 2.96. The van der Waals surface area contributed by atoms with Crippen molar-refractivity contribution in [3.63, 3.8) is 0 Å². The Balaban J connectivity index is 2.11. The number of hydrogen-bond donors (Lipinski definition) is 0. The average Bonchev–Trinajstić information content (AvgIpc) is 2.96. The van der Waals surface area contributed by atoms with Crippen molar-refractivity contribution in [1.82, 2.24) is 14.5 Å². The van der Waals surface area contributed by atoms with Gasteiger partial charge < -0.3 is 4.57 Å². The molecule has 0 aliphatic carbocycles. The number of rotatable bonds is 2. The summed E-state index contributed by atoms with van der Waals surface area (Å²) in [6, 6.07) is 10.6. The van der Waals surface area contributed by atoms with E-state index < -0.39 is 0 Å². The van der Waals surface area contributed by atoms with Crippen LogP contribution in [0.5, 0.6) is 0 Å². The maximum absolute atomic E-state index is 11.1. The molecule has 0 aliphatic rings. The summed E-state index contributed by atoms with van der Waals surface area (Å²) in [7, 11) is 1.96. The Hall–Kier alpha value is -3.28. The third-order valence-electron chi connectivity index (χ3n) is 4.01. The van der Waals surface area contributed by atoms with E-state index in [0.29, 0.717) is 0 Å². The molecule has 0 N–H and O–H groups in total. The Bertz CT molecular complexity index is 1070. The van der Waals surface area contributed by atoms with Gasteiger partial charge >= 0.3 is 0 Å². The summed E-state index contributed by atoms with van der Waals surface area (Å²) in [6.07, 6.45) is 5.27. The lowest BCUT2D eigenvalue weighted by atomic mass is 10.00. The third-order valence-corrected chi connectivity index (χ3v) is 4.01. The van der Waals surface area contributed by atoms with Gasteiger partial charge in [-0.2, -0.15) is 0 Å². The van der Waals surface area contributed by atoms with Crippen LogP contribution in [0.15, 0.2) is 55.1 Å². The number of nitrogens with zero attached hydrogens (tertiary/aromatic N) is 4. The highest BCUT2D eigenvalue weighted by atomic mass is 16.6. The van der Waals surface area contributed by atoms with E-state index >= 15 is 0 Å². The van der Waals surface area contributed by atoms with Gasteiger partial charge in [-0.1, -0.05) is 12.1 Å². The van der Waals surface area contributed by atoms with Gasteiger partial charge in [0.1, 0.15) is 6.33 Å². The summed E-state index contributed by atoms with van der Waals surface area (Å²) >= 11 is 0. The van der Waals surface area contributed by atoms with Gasteiger partial charge in [0.25, 0.3) is 5.69 Å². The zero-order chi connectivity index (χ0) is 16.0. The van der Waals surface area contributed by atoms with Gasteiger partial charge in [0.05, 0.1) is 16.0 Å². The number of fused-ring (bicyclic) bond motifs is 3. The molecule has 6 nitrogen and oxygen atoms in total. The van der Waals surface area contributed by atoms with Crippen LogP contribution in [-0.2, 0) is 7.05 Å². The van der Waals surface area contributed by atoms with Crippen LogP contribution >= 0.6 is 0 Å². The standard InChI is InChI=1S/C17H12N4O2/c1-20-6-5-13-15-9-18-10-19-16(15)8-14(17(13)20)11-3-2-4-12(7-11)21(22)23/h2-10H,1H3. The molecule has 0 spiro atoms. The predicted octanol–water partition coefficient (Wildman–Crippen LogP) is 3.70. The summed E-state index contributed by atoms with van der Waals surface area (Å²) in [4.78, 5) is 19.1. The summed E-state index contributed by atoms with van der Waals surface area (Å²) in [5, 5.41) is 13.1. The van der Waals surface area contributed by atoms with E-state index in [1.165, 1.54) is 12.4 Å². The minimum Gasteiger partial charge on any atom is -0.350 e. The second kappa shape index (κ2) is 4.88. The zero-order valence-electron chi connectivity index (χ0n) is 12.3. The van der Waals surface area contributed by atoms with Crippen molar-refractivity contribution in [2.75, 3.05) is 0 Å². The normalized spacial score (nSPS) is 11.2. The number of nitro groups is 1. The lowest BCUT2D eigenvalue weighted by Crippen LogP contribution is -1.93. The number of aryl methyl sites for hydroxylation is 1. The molecule has 0 fully saturated rings. The molecular weight excluding hydrogens is 292 g/mol. The Morgan fingerprint density at radius 3 is 2.87 bits per heavy atom. The molecule has 0 amide bonds. The van der Waals surface area contributed by atoms with Crippen molar-refractivity contribution in [2.24, 2.45) is 7.05 Å². The summed E-state index contributed by atoms with van der Waals surface area (Å²) in [6.45, 7) is 0. The second-order valence-corrected chi connectivity index (χ2v) is 5.38.